The molecule has 0 aliphatic heterocycles. The zero-order chi connectivity index (χ0) is 16.8. The lowest BCUT2D eigenvalue weighted by Crippen LogP contribution is -2.19. The number of thioether (sulfide) groups is 1. The van der Waals surface area contributed by atoms with Crippen LogP contribution < -0.4 is 5.32 Å². The Balaban J connectivity index is 1.83. The quantitative estimate of drug-likeness (QED) is 0.640. The molecule has 0 fully saturated rings. The predicted molar refractivity (Wildman–Crippen MR) is 96.5 cm³/mol. The number of halogens is 1. The SMILES string of the molecule is O=C(Nc1ccc(F)cc1)[C@@H](Sc1ccccc1)c1ccccc1. The molecule has 2 nitrogen and oxygen atoms in total. The minimum Gasteiger partial charge on any atom is -0.325 e. The summed E-state index contributed by atoms with van der Waals surface area (Å²) in [6.45, 7) is 0. The van der Waals surface area contributed by atoms with E-state index in [2.05, 4.69) is 5.32 Å². The number of amides is 1. The molecule has 0 radical (unpaired) electrons. The molecule has 3 rings (SSSR count). The summed E-state index contributed by atoms with van der Waals surface area (Å²) < 4.78 is 13.0. The van der Waals surface area contributed by atoms with Crippen molar-refractivity contribution in [1.29, 1.82) is 0 Å². The van der Waals surface area contributed by atoms with Gasteiger partial charge in [-0.3, -0.25) is 4.79 Å². The minimum absolute atomic E-state index is 0.137. The summed E-state index contributed by atoms with van der Waals surface area (Å²) in [5.41, 5.74) is 1.50. The summed E-state index contributed by atoms with van der Waals surface area (Å²) in [5, 5.41) is 2.47. The first-order valence-electron chi connectivity index (χ1n) is 7.55. The first kappa shape index (κ1) is 16.3. The second-order valence-corrected chi connectivity index (χ2v) is 6.40. The van der Waals surface area contributed by atoms with E-state index in [1.807, 2.05) is 60.7 Å². The molecular formula is C20H16FNOS. The van der Waals surface area contributed by atoms with Gasteiger partial charge in [-0.15, -0.1) is 11.8 Å². The van der Waals surface area contributed by atoms with Crippen LogP contribution in [-0.2, 0) is 4.79 Å². The van der Waals surface area contributed by atoms with Crippen molar-refractivity contribution in [2.75, 3.05) is 5.32 Å². The molecular weight excluding hydrogens is 321 g/mol. The molecule has 1 amide bonds. The third kappa shape index (κ3) is 4.24. The van der Waals surface area contributed by atoms with Gasteiger partial charge in [0.15, 0.2) is 0 Å². The van der Waals surface area contributed by atoms with E-state index in [1.165, 1.54) is 23.9 Å². The molecule has 3 aromatic carbocycles. The van der Waals surface area contributed by atoms with Gasteiger partial charge in [-0.05, 0) is 42.0 Å². The smallest absolute Gasteiger partial charge is 0.242 e. The molecule has 4 heteroatoms. The summed E-state index contributed by atoms with van der Waals surface area (Å²) in [6.07, 6.45) is 0. The fourth-order valence-electron chi connectivity index (χ4n) is 2.28. The van der Waals surface area contributed by atoms with Gasteiger partial charge in [0.2, 0.25) is 5.91 Å². The van der Waals surface area contributed by atoms with Crippen LogP contribution in [0.4, 0.5) is 10.1 Å². The number of carbonyl (C=O) groups is 1. The van der Waals surface area contributed by atoms with Crippen molar-refractivity contribution in [2.45, 2.75) is 10.1 Å². The first-order chi connectivity index (χ1) is 11.7. The van der Waals surface area contributed by atoms with Crippen LogP contribution in [0.2, 0.25) is 0 Å². The number of anilines is 1. The van der Waals surface area contributed by atoms with Gasteiger partial charge < -0.3 is 5.32 Å². The fourth-order valence-corrected chi connectivity index (χ4v) is 3.32. The van der Waals surface area contributed by atoms with Crippen molar-refractivity contribution < 1.29 is 9.18 Å². The van der Waals surface area contributed by atoms with Crippen LogP contribution in [0.3, 0.4) is 0 Å². The molecule has 0 aliphatic carbocycles. The van der Waals surface area contributed by atoms with E-state index in [0.717, 1.165) is 10.5 Å². The van der Waals surface area contributed by atoms with Crippen molar-refractivity contribution in [3.63, 3.8) is 0 Å². The summed E-state index contributed by atoms with van der Waals surface area (Å²) in [5.74, 6) is -0.465. The predicted octanol–water partition coefficient (Wildman–Crippen LogP) is 5.30. The van der Waals surface area contributed by atoms with E-state index < -0.39 is 5.25 Å². The second kappa shape index (κ2) is 7.79. The number of hydrogen-bond donors (Lipinski definition) is 1. The van der Waals surface area contributed by atoms with Crippen LogP contribution in [-0.4, -0.2) is 5.91 Å². The zero-order valence-corrected chi connectivity index (χ0v) is 13.7. The maximum atomic E-state index is 13.0. The summed E-state index contributed by atoms with van der Waals surface area (Å²) in [4.78, 5) is 13.8. The third-order valence-electron chi connectivity index (χ3n) is 3.45. The van der Waals surface area contributed by atoms with Gasteiger partial charge >= 0.3 is 0 Å². The molecule has 120 valence electrons. The lowest BCUT2D eigenvalue weighted by molar-refractivity contribution is -0.115. The normalized spacial score (nSPS) is 11.7. The van der Waals surface area contributed by atoms with Gasteiger partial charge in [0.05, 0.1) is 0 Å². The number of nitrogens with one attached hydrogen (secondary N) is 1. The minimum atomic E-state index is -0.390. The molecule has 0 unspecified atom stereocenters. The third-order valence-corrected chi connectivity index (χ3v) is 4.72. The van der Waals surface area contributed by atoms with E-state index in [1.54, 1.807) is 12.1 Å². The monoisotopic (exact) mass is 337 g/mol. The highest BCUT2D eigenvalue weighted by molar-refractivity contribution is 8.00. The standard InChI is InChI=1S/C20H16FNOS/c21-16-11-13-17(14-12-16)22-20(23)19(15-7-3-1-4-8-15)24-18-9-5-2-6-10-18/h1-14,19H,(H,22,23)/t19-/m0/s1. The molecule has 0 aromatic heterocycles. The number of rotatable bonds is 5. The number of benzene rings is 3. The Hall–Kier alpha value is -2.59. The lowest BCUT2D eigenvalue weighted by Gasteiger charge is -2.17. The van der Waals surface area contributed by atoms with Gasteiger partial charge in [-0.25, -0.2) is 4.39 Å². The van der Waals surface area contributed by atoms with Crippen molar-refractivity contribution >= 4 is 23.4 Å². The fraction of sp³-hybridized carbons (Fsp3) is 0.0500. The summed E-state index contributed by atoms with van der Waals surface area (Å²) in [7, 11) is 0. The molecule has 1 atom stereocenters. The largest absolute Gasteiger partial charge is 0.325 e. The van der Waals surface area contributed by atoms with Crippen molar-refractivity contribution in [3.8, 4) is 0 Å². The molecule has 0 saturated carbocycles. The molecule has 24 heavy (non-hydrogen) atoms. The van der Waals surface area contributed by atoms with Crippen LogP contribution in [0.1, 0.15) is 10.8 Å². The molecule has 0 saturated heterocycles. The summed E-state index contributed by atoms with van der Waals surface area (Å²) >= 11 is 1.49. The molecule has 0 bridgehead atoms. The van der Waals surface area contributed by atoms with E-state index in [9.17, 15) is 9.18 Å². The van der Waals surface area contributed by atoms with Gasteiger partial charge in [-0.1, -0.05) is 48.5 Å². The van der Waals surface area contributed by atoms with Crippen molar-refractivity contribution in [2.24, 2.45) is 0 Å². The van der Waals surface area contributed by atoms with E-state index in [0.29, 0.717) is 5.69 Å². The highest BCUT2D eigenvalue weighted by atomic mass is 32.2. The Morgan fingerprint density at radius 1 is 0.833 bits per heavy atom. The number of hydrogen-bond acceptors (Lipinski definition) is 2. The second-order valence-electron chi connectivity index (χ2n) is 5.22. The van der Waals surface area contributed by atoms with Gasteiger partial charge in [0, 0.05) is 10.6 Å². The van der Waals surface area contributed by atoms with Gasteiger partial charge in [0.25, 0.3) is 0 Å². The Morgan fingerprint density at radius 3 is 2.04 bits per heavy atom. The highest BCUT2D eigenvalue weighted by Gasteiger charge is 2.22. The van der Waals surface area contributed by atoms with Crippen LogP contribution >= 0.6 is 11.8 Å². The molecule has 0 spiro atoms. The Bertz CT molecular complexity index is 791. The number of carbonyl (C=O) groups excluding carboxylic acids is 1. The van der Waals surface area contributed by atoms with Crippen molar-refractivity contribution in [3.05, 3.63) is 96.3 Å². The zero-order valence-electron chi connectivity index (χ0n) is 12.9. The maximum absolute atomic E-state index is 13.0. The highest BCUT2D eigenvalue weighted by Crippen LogP contribution is 2.36. The molecule has 0 aliphatic rings. The topological polar surface area (TPSA) is 29.1 Å². The average molecular weight is 337 g/mol. The van der Waals surface area contributed by atoms with E-state index in [-0.39, 0.29) is 11.7 Å². The van der Waals surface area contributed by atoms with Crippen LogP contribution in [0, 0.1) is 5.82 Å². The summed E-state index contributed by atoms with van der Waals surface area (Å²) in [6, 6.07) is 25.2. The van der Waals surface area contributed by atoms with Crippen molar-refractivity contribution in [1.82, 2.24) is 0 Å². The van der Waals surface area contributed by atoms with Gasteiger partial charge in [0.1, 0.15) is 11.1 Å². The molecule has 3 aromatic rings. The van der Waals surface area contributed by atoms with Crippen LogP contribution in [0.15, 0.2) is 89.8 Å². The average Bonchev–Trinajstić information content (AvgIpc) is 2.63. The van der Waals surface area contributed by atoms with E-state index in [4.69, 9.17) is 0 Å². The molecule has 0 heterocycles. The first-order valence-corrected chi connectivity index (χ1v) is 8.43. The Kier molecular flexibility index (Phi) is 5.29. The maximum Gasteiger partial charge on any atom is 0.242 e. The molecule has 1 N–H and O–H groups in total. The lowest BCUT2D eigenvalue weighted by atomic mass is 10.1. The Morgan fingerprint density at radius 2 is 1.42 bits per heavy atom. The van der Waals surface area contributed by atoms with Crippen LogP contribution in [0.5, 0.6) is 0 Å². The van der Waals surface area contributed by atoms with Crippen LogP contribution in [0.25, 0.3) is 0 Å². The van der Waals surface area contributed by atoms with E-state index >= 15 is 0 Å². The van der Waals surface area contributed by atoms with Gasteiger partial charge in [-0.2, -0.15) is 0 Å². The Labute approximate surface area is 144 Å².